The first-order valence-electron chi connectivity index (χ1n) is 9.07. The molecule has 0 N–H and O–H groups in total. The Labute approximate surface area is 156 Å². The molecule has 1 saturated heterocycles. The van der Waals surface area contributed by atoms with Gasteiger partial charge in [-0.05, 0) is 55.2 Å². The molecule has 27 heavy (non-hydrogen) atoms. The molecule has 0 bridgehead atoms. The van der Waals surface area contributed by atoms with Crippen LogP contribution in [0.15, 0.2) is 48.5 Å². The molecule has 1 aliphatic rings. The predicted molar refractivity (Wildman–Crippen MR) is 96.4 cm³/mol. The Hall–Kier alpha value is -2.50. The molecule has 1 heterocycles. The summed E-state index contributed by atoms with van der Waals surface area (Å²) in [7, 11) is 0. The van der Waals surface area contributed by atoms with Gasteiger partial charge in [-0.25, -0.2) is 0 Å². The first kappa shape index (κ1) is 19.3. The fourth-order valence-electron chi connectivity index (χ4n) is 3.45. The number of benzene rings is 2. The molecule has 0 spiro atoms. The van der Waals surface area contributed by atoms with Crippen LogP contribution in [-0.4, -0.2) is 24.0 Å². The molecular weight excluding hydrogens is 355 g/mol. The standard InChI is InChI=1S/C21H22F3NO2/c1-2-27-18-11-7-16(8-12-18)19-4-3-13-25(19)20(26)14-15-5-9-17(10-6-15)21(22,23)24/h5-12,19H,2-4,13-14H2,1H3. The average Bonchev–Trinajstić information content (AvgIpc) is 3.12. The third kappa shape index (κ3) is 4.62. The van der Waals surface area contributed by atoms with E-state index in [4.69, 9.17) is 4.74 Å². The first-order chi connectivity index (χ1) is 12.9. The molecule has 6 heteroatoms. The molecule has 3 nitrogen and oxygen atoms in total. The van der Waals surface area contributed by atoms with Crippen LogP contribution in [0.5, 0.6) is 5.75 Å². The Morgan fingerprint density at radius 2 is 1.78 bits per heavy atom. The van der Waals surface area contributed by atoms with Crippen LogP contribution < -0.4 is 4.74 Å². The van der Waals surface area contributed by atoms with Gasteiger partial charge in [0, 0.05) is 6.54 Å². The van der Waals surface area contributed by atoms with Crippen LogP contribution in [0, 0.1) is 0 Å². The Morgan fingerprint density at radius 3 is 2.37 bits per heavy atom. The quantitative estimate of drug-likeness (QED) is 0.733. The number of likely N-dealkylation sites (tertiary alicyclic amines) is 1. The Kier molecular flexibility index (Phi) is 5.73. The lowest BCUT2D eigenvalue weighted by atomic mass is 10.0. The van der Waals surface area contributed by atoms with Gasteiger partial charge in [0.2, 0.25) is 5.91 Å². The van der Waals surface area contributed by atoms with E-state index in [0.717, 1.165) is 36.3 Å². The summed E-state index contributed by atoms with van der Waals surface area (Å²) in [5.41, 5.74) is 0.939. The number of carbonyl (C=O) groups is 1. The van der Waals surface area contributed by atoms with Crippen molar-refractivity contribution < 1.29 is 22.7 Å². The van der Waals surface area contributed by atoms with Gasteiger partial charge in [0.1, 0.15) is 5.75 Å². The van der Waals surface area contributed by atoms with Gasteiger partial charge in [0.25, 0.3) is 0 Å². The molecular formula is C21H22F3NO2. The second-order valence-electron chi connectivity index (χ2n) is 6.62. The van der Waals surface area contributed by atoms with Crippen molar-refractivity contribution in [3.63, 3.8) is 0 Å². The van der Waals surface area contributed by atoms with Crippen molar-refractivity contribution >= 4 is 5.91 Å². The summed E-state index contributed by atoms with van der Waals surface area (Å²) in [6.45, 7) is 3.18. The smallest absolute Gasteiger partial charge is 0.416 e. The monoisotopic (exact) mass is 377 g/mol. The summed E-state index contributed by atoms with van der Waals surface area (Å²) in [6.07, 6.45) is -2.47. The molecule has 3 rings (SSSR count). The number of halogens is 3. The summed E-state index contributed by atoms with van der Waals surface area (Å²) in [4.78, 5) is 14.6. The minimum absolute atomic E-state index is 0.00243. The van der Waals surface area contributed by atoms with E-state index in [2.05, 4.69) is 0 Å². The second kappa shape index (κ2) is 8.03. The third-order valence-corrected chi connectivity index (χ3v) is 4.79. The van der Waals surface area contributed by atoms with Gasteiger partial charge in [-0.3, -0.25) is 4.79 Å². The first-order valence-corrected chi connectivity index (χ1v) is 9.07. The van der Waals surface area contributed by atoms with Gasteiger partial charge in [-0.15, -0.1) is 0 Å². The van der Waals surface area contributed by atoms with Gasteiger partial charge < -0.3 is 9.64 Å². The van der Waals surface area contributed by atoms with E-state index in [1.807, 2.05) is 36.1 Å². The van der Waals surface area contributed by atoms with Crippen LogP contribution in [0.3, 0.4) is 0 Å². The van der Waals surface area contributed by atoms with E-state index in [-0.39, 0.29) is 18.4 Å². The summed E-state index contributed by atoms with van der Waals surface area (Å²) in [6, 6.07) is 12.5. The number of amides is 1. The lowest BCUT2D eigenvalue weighted by Gasteiger charge is -2.25. The highest BCUT2D eigenvalue weighted by molar-refractivity contribution is 5.79. The van der Waals surface area contributed by atoms with Crippen LogP contribution in [0.2, 0.25) is 0 Å². The van der Waals surface area contributed by atoms with Gasteiger partial charge in [-0.1, -0.05) is 24.3 Å². The van der Waals surface area contributed by atoms with Crippen LogP contribution in [0.4, 0.5) is 13.2 Å². The fraction of sp³-hybridized carbons (Fsp3) is 0.381. The van der Waals surface area contributed by atoms with E-state index in [0.29, 0.717) is 18.7 Å². The molecule has 1 aliphatic heterocycles. The van der Waals surface area contributed by atoms with Gasteiger partial charge >= 0.3 is 6.18 Å². The van der Waals surface area contributed by atoms with Crippen LogP contribution in [0.1, 0.15) is 42.5 Å². The number of alkyl halides is 3. The third-order valence-electron chi connectivity index (χ3n) is 4.79. The van der Waals surface area contributed by atoms with Crippen LogP contribution >= 0.6 is 0 Å². The Bertz CT molecular complexity index is 770. The van der Waals surface area contributed by atoms with E-state index in [9.17, 15) is 18.0 Å². The highest BCUT2D eigenvalue weighted by atomic mass is 19.4. The van der Waals surface area contributed by atoms with Crippen molar-refractivity contribution in [3.05, 3.63) is 65.2 Å². The molecule has 1 atom stereocenters. The van der Waals surface area contributed by atoms with E-state index < -0.39 is 11.7 Å². The van der Waals surface area contributed by atoms with Gasteiger partial charge in [0.15, 0.2) is 0 Å². The van der Waals surface area contributed by atoms with Crippen LogP contribution in [0.25, 0.3) is 0 Å². The molecule has 0 radical (unpaired) electrons. The summed E-state index contributed by atoms with van der Waals surface area (Å²) in [5.74, 6) is 0.730. The van der Waals surface area contributed by atoms with Crippen molar-refractivity contribution in [3.8, 4) is 5.75 Å². The molecule has 0 aromatic heterocycles. The summed E-state index contributed by atoms with van der Waals surface area (Å²) >= 11 is 0. The van der Waals surface area contributed by atoms with Crippen LogP contribution in [-0.2, 0) is 17.4 Å². The Balaban J connectivity index is 1.68. The average molecular weight is 377 g/mol. The lowest BCUT2D eigenvalue weighted by molar-refractivity contribution is -0.137. The maximum absolute atomic E-state index is 12.7. The maximum atomic E-state index is 12.7. The largest absolute Gasteiger partial charge is 0.494 e. The van der Waals surface area contributed by atoms with Crippen molar-refractivity contribution in [2.24, 2.45) is 0 Å². The molecule has 1 amide bonds. The zero-order valence-electron chi connectivity index (χ0n) is 15.1. The molecule has 1 fully saturated rings. The number of nitrogens with zero attached hydrogens (tertiary/aromatic N) is 1. The van der Waals surface area contributed by atoms with E-state index in [1.54, 1.807) is 0 Å². The van der Waals surface area contributed by atoms with Gasteiger partial charge in [0.05, 0.1) is 24.6 Å². The minimum Gasteiger partial charge on any atom is -0.494 e. The zero-order chi connectivity index (χ0) is 19.4. The second-order valence-corrected chi connectivity index (χ2v) is 6.62. The summed E-state index contributed by atoms with van der Waals surface area (Å²) in [5, 5.41) is 0. The van der Waals surface area contributed by atoms with E-state index in [1.165, 1.54) is 12.1 Å². The van der Waals surface area contributed by atoms with Gasteiger partial charge in [-0.2, -0.15) is 13.2 Å². The maximum Gasteiger partial charge on any atom is 0.416 e. The van der Waals surface area contributed by atoms with E-state index >= 15 is 0 Å². The number of hydrogen-bond donors (Lipinski definition) is 0. The molecule has 144 valence electrons. The summed E-state index contributed by atoms with van der Waals surface area (Å²) < 4.78 is 43.4. The van der Waals surface area contributed by atoms with Crippen molar-refractivity contribution in [2.75, 3.05) is 13.2 Å². The van der Waals surface area contributed by atoms with Crippen molar-refractivity contribution in [1.82, 2.24) is 4.90 Å². The molecule has 1 unspecified atom stereocenters. The van der Waals surface area contributed by atoms with Crippen molar-refractivity contribution in [2.45, 2.75) is 38.4 Å². The number of hydrogen-bond acceptors (Lipinski definition) is 2. The topological polar surface area (TPSA) is 29.5 Å². The highest BCUT2D eigenvalue weighted by Crippen LogP contribution is 2.33. The molecule has 0 saturated carbocycles. The number of ether oxygens (including phenoxy) is 1. The normalized spacial score (nSPS) is 17.2. The molecule has 2 aromatic carbocycles. The SMILES string of the molecule is CCOc1ccc(C2CCCN2C(=O)Cc2ccc(C(F)(F)F)cc2)cc1. The van der Waals surface area contributed by atoms with Crippen molar-refractivity contribution in [1.29, 1.82) is 0 Å². The minimum atomic E-state index is -4.36. The zero-order valence-corrected chi connectivity index (χ0v) is 15.1. The number of rotatable bonds is 5. The predicted octanol–water partition coefficient (Wildman–Crippen LogP) is 5.01. The highest BCUT2D eigenvalue weighted by Gasteiger charge is 2.31. The Morgan fingerprint density at radius 1 is 1.11 bits per heavy atom. The fourth-order valence-corrected chi connectivity index (χ4v) is 3.45. The molecule has 0 aliphatic carbocycles. The lowest BCUT2D eigenvalue weighted by Crippen LogP contribution is -2.31. The number of carbonyl (C=O) groups excluding carboxylic acids is 1. The molecule has 2 aromatic rings.